The van der Waals surface area contributed by atoms with Crippen LogP contribution in [0.3, 0.4) is 0 Å². The molecule has 0 aromatic carbocycles. The van der Waals surface area contributed by atoms with Crippen LogP contribution in [0, 0.1) is 13.8 Å². The van der Waals surface area contributed by atoms with Gasteiger partial charge in [0.05, 0.1) is 5.56 Å². The van der Waals surface area contributed by atoms with Crippen molar-refractivity contribution in [3.63, 3.8) is 0 Å². The monoisotopic (exact) mass is 337 g/mol. The average Bonchev–Trinajstić information content (AvgIpc) is 3.28. The molecule has 1 aliphatic carbocycles. The summed E-state index contributed by atoms with van der Waals surface area (Å²) >= 11 is 0. The normalized spacial score (nSPS) is 14.7. The minimum atomic E-state index is -4.39. The Labute approximate surface area is 137 Å². The SMILES string of the molecule is Cc1[nH]c(C(=O)NC2CC2)c(C)c1Cc1ccc(C(F)(F)F)cn1. The maximum absolute atomic E-state index is 12.6. The summed E-state index contributed by atoms with van der Waals surface area (Å²) in [5.41, 5.74) is 2.81. The summed E-state index contributed by atoms with van der Waals surface area (Å²) in [5.74, 6) is -0.135. The van der Waals surface area contributed by atoms with E-state index in [2.05, 4.69) is 15.3 Å². The molecule has 0 spiro atoms. The number of hydrogen-bond donors (Lipinski definition) is 2. The van der Waals surface area contributed by atoms with Crippen LogP contribution in [-0.4, -0.2) is 21.9 Å². The smallest absolute Gasteiger partial charge is 0.354 e. The second kappa shape index (κ2) is 5.96. The predicted molar refractivity (Wildman–Crippen MR) is 82.8 cm³/mol. The van der Waals surface area contributed by atoms with Crippen LogP contribution in [0.4, 0.5) is 13.2 Å². The summed E-state index contributed by atoms with van der Waals surface area (Å²) < 4.78 is 37.8. The highest BCUT2D eigenvalue weighted by Crippen LogP contribution is 2.29. The lowest BCUT2D eigenvalue weighted by Gasteiger charge is -2.07. The van der Waals surface area contributed by atoms with Crippen molar-refractivity contribution in [3.8, 4) is 0 Å². The number of aromatic amines is 1. The number of amides is 1. The summed E-state index contributed by atoms with van der Waals surface area (Å²) in [6.07, 6.45) is -1.16. The zero-order valence-electron chi connectivity index (χ0n) is 13.4. The molecule has 3 rings (SSSR count). The van der Waals surface area contributed by atoms with Crippen LogP contribution in [0.25, 0.3) is 0 Å². The second-order valence-electron chi connectivity index (χ2n) is 6.19. The third-order valence-electron chi connectivity index (χ3n) is 4.24. The van der Waals surface area contributed by atoms with E-state index in [0.717, 1.165) is 41.9 Å². The van der Waals surface area contributed by atoms with Crippen LogP contribution >= 0.6 is 0 Å². The Hall–Kier alpha value is -2.31. The van der Waals surface area contributed by atoms with Gasteiger partial charge in [0, 0.05) is 30.0 Å². The molecule has 0 saturated heterocycles. The fourth-order valence-electron chi connectivity index (χ4n) is 2.64. The lowest BCUT2D eigenvalue weighted by Crippen LogP contribution is -2.26. The molecule has 4 nitrogen and oxygen atoms in total. The van der Waals surface area contributed by atoms with Crippen LogP contribution < -0.4 is 5.32 Å². The van der Waals surface area contributed by atoms with Crippen molar-refractivity contribution in [2.75, 3.05) is 0 Å². The van der Waals surface area contributed by atoms with E-state index in [1.807, 2.05) is 13.8 Å². The van der Waals surface area contributed by atoms with Crippen molar-refractivity contribution in [2.45, 2.75) is 45.3 Å². The molecule has 7 heteroatoms. The first-order chi connectivity index (χ1) is 11.3. The van der Waals surface area contributed by atoms with Gasteiger partial charge in [-0.15, -0.1) is 0 Å². The molecule has 0 atom stereocenters. The van der Waals surface area contributed by atoms with Crippen molar-refractivity contribution in [3.05, 3.63) is 52.1 Å². The molecule has 0 aliphatic heterocycles. The first-order valence-corrected chi connectivity index (χ1v) is 7.76. The van der Waals surface area contributed by atoms with E-state index in [-0.39, 0.29) is 11.9 Å². The number of hydrogen-bond acceptors (Lipinski definition) is 2. The zero-order chi connectivity index (χ0) is 17.5. The summed E-state index contributed by atoms with van der Waals surface area (Å²) in [6.45, 7) is 3.69. The molecule has 2 heterocycles. The van der Waals surface area contributed by atoms with E-state index < -0.39 is 11.7 Å². The molecule has 24 heavy (non-hydrogen) atoms. The van der Waals surface area contributed by atoms with Gasteiger partial charge in [-0.05, 0) is 49.9 Å². The number of aryl methyl sites for hydroxylation is 1. The number of halogens is 3. The van der Waals surface area contributed by atoms with Crippen molar-refractivity contribution >= 4 is 5.91 Å². The number of rotatable bonds is 4. The van der Waals surface area contributed by atoms with E-state index in [0.29, 0.717) is 17.8 Å². The van der Waals surface area contributed by atoms with Crippen LogP contribution in [0.1, 0.15) is 51.4 Å². The highest BCUT2D eigenvalue weighted by atomic mass is 19.4. The van der Waals surface area contributed by atoms with Gasteiger partial charge >= 0.3 is 6.18 Å². The quantitative estimate of drug-likeness (QED) is 0.897. The molecule has 2 aromatic rings. The van der Waals surface area contributed by atoms with Gasteiger partial charge in [0.2, 0.25) is 0 Å². The van der Waals surface area contributed by atoms with Crippen molar-refractivity contribution in [1.82, 2.24) is 15.3 Å². The number of aromatic nitrogens is 2. The summed E-state index contributed by atoms with van der Waals surface area (Å²) in [4.78, 5) is 19.2. The van der Waals surface area contributed by atoms with Gasteiger partial charge in [0.15, 0.2) is 0 Å². The fraction of sp³-hybridized carbons (Fsp3) is 0.412. The maximum atomic E-state index is 12.6. The molecular formula is C17H18F3N3O. The Morgan fingerprint density at radius 3 is 2.58 bits per heavy atom. The fourth-order valence-corrected chi connectivity index (χ4v) is 2.64. The molecule has 1 saturated carbocycles. The average molecular weight is 337 g/mol. The number of nitrogens with zero attached hydrogens (tertiary/aromatic N) is 1. The van der Waals surface area contributed by atoms with E-state index >= 15 is 0 Å². The Kier molecular flexibility index (Phi) is 4.11. The van der Waals surface area contributed by atoms with Gasteiger partial charge in [-0.3, -0.25) is 9.78 Å². The standard InChI is InChI=1S/C17H18F3N3O/c1-9-14(7-13-4-3-11(8-21-13)17(18,19)20)10(2)22-15(9)16(24)23-12-5-6-12/h3-4,8,12,22H,5-7H2,1-2H3,(H,23,24). The molecule has 1 amide bonds. The first-order valence-electron chi connectivity index (χ1n) is 7.76. The number of carbonyl (C=O) groups excluding carboxylic acids is 1. The number of H-pyrrole nitrogens is 1. The summed E-state index contributed by atoms with van der Waals surface area (Å²) in [6, 6.07) is 2.67. The van der Waals surface area contributed by atoms with Crippen LogP contribution in [0.2, 0.25) is 0 Å². The van der Waals surface area contributed by atoms with Gasteiger partial charge in [-0.2, -0.15) is 13.2 Å². The Bertz CT molecular complexity index is 759. The zero-order valence-corrected chi connectivity index (χ0v) is 13.4. The molecule has 0 unspecified atom stereocenters. The van der Waals surface area contributed by atoms with Gasteiger partial charge in [-0.1, -0.05) is 0 Å². The third-order valence-corrected chi connectivity index (χ3v) is 4.24. The largest absolute Gasteiger partial charge is 0.417 e. The van der Waals surface area contributed by atoms with Crippen molar-refractivity contribution in [1.29, 1.82) is 0 Å². The van der Waals surface area contributed by atoms with Crippen LogP contribution in [0.5, 0.6) is 0 Å². The Balaban J connectivity index is 1.79. The van der Waals surface area contributed by atoms with Gasteiger partial charge in [0.25, 0.3) is 5.91 Å². The predicted octanol–water partition coefficient (Wildman–Crippen LogP) is 3.53. The molecule has 0 bridgehead atoms. The second-order valence-corrected chi connectivity index (χ2v) is 6.19. The number of pyridine rings is 1. The first kappa shape index (κ1) is 16.5. The van der Waals surface area contributed by atoms with Gasteiger partial charge in [-0.25, -0.2) is 0 Å². The highest BCUT2D eigenvalue weighted by Gasteiger charge is 2.31. The number of nitrogens with one attached hydrogen (secondary N) is 2. The van der Waals surface area contributed by atoms with Crippen LogP contribution in [-0.2, 0) is 12.6 Å². The van der Waals surface area contributed by atoms with E-state index in [9.17, 15) is 18.0 Å². The summed E-state index contributed by atoms with van der Waals surface area (Å²) in [7, 11) is 0. The van der Waals surface area contributed by atoms with Crippen LogP contribution in [0.15, 0.2) is 18.3 Å². The number of alkyl halides is 3. The maximum Gasteiger partial charge on any atom is 0.417 e. The molecule has 128 valence electrons. The summed E-state index contributed by atoms with van der Waals surface area (Å²) in [5, 5.41) is 2.93. The molecule has 1 aliphatic rings. The van der Waals surface area contributed by atoms with Gasteiger partial charge < -0.3 is 10.3 Å². The minimum absolute atomic E-state index is 0.135. The molecule has 2 aromatic heterocycles. The van der Waals surface area contributed by atoms with E-state index in [1.165, 1.54) is 6.07 Å². The lowest BCUT2D eigenvalue weighted by molar-refractivity contribution is -0.137. The molecule has 0 radical (unpaired) electrons. The third kappa shape index (κ3) is 3.44. The van der Waals surface area contributed by atoms with E-state index in [1.54, 1.807) is 0 Å². The van der Waals surface area contributed by atoms with E-state index in [4.69, 9.17) is 0 Å². The number of carbonyl (C=O) groups is 1. The Morgan fingerprint density at radius 1 is 1.33 bits per heavy atom. The topological polar surface area (TPSA) is 57.8 Å². The van der Waals surface area contributed by atoms with Gasteiger partial charge in [0.1, 0.15) is 5.69 Å². The van der Waals surface area contributed by atoms with Crippen molar-refractivity contribution < 1.29 is 18.0 Å². The van der Waals surface area contributed by atoms with Crippen molar-refractivity contribution in [2.24, 2.45) is 0 Å². The molecule has 1 fully saturated rings. The Morgan fingerprint density at radius 2 is 2.04 bits per heavy atom. The minimum Gasteiger partial charge on any atom is -0.354 e. The molecular weight excluding hydrogens is 319 g/mol. The molecule has 2 N–H and O–H groups in total. The highest BCUT2D eigenvalue weighted by molar-refractivity contribution is 5.94. The lowest BCUT2D eigenvalue weighted by atomic mass is 10.0.